The van der Waals surface area contributed by atoms with Crippen molar-refractivity contribution >= 4 is 22.8 Å². The molecule has 0 radical (unpaired) electrons. The van der Waals surface area contributed by atoms with E-state index in [4.69, 9.17) is 0 Å². The summed E-state index contributed by atoms with van der Waals surface area (Å²) in [6.07, 6.45) is -4.41. The predicted octanol–water partition coefficient (Wildman–Crippen LogP) is 4.55. The lowest BCUT2D eigenvalue weighted by Crippen LogP contribution is -2.25. The van der Waals surface area contributed by atoms with Crippen molar-refractivity contribution in [2.24, 2.45) is 0 Å². The number of anilines is 1. The van der Waals surface area contributed by atoms with Gasteiger partial charge in [-0.05, 0) is 30.7 Å². The van der Waals surface area contributed by atoms with E-state index in [1.54, 1.807) is 13.0 Å². The minimum Gasteiger partial charge on any atom is -0.322 e. The highest BCUT2D eigenvalue weighted by molar-refractivity contribution is 5.95. The summed E-state index contributed by atoms with van der Waals surface area (Å²) in [5.74, 6) is 0.0205. The number of imidazole rings is 1. The Morgan fingerprint density at radius 2 is 1.93 bits per heavy atom. The first-order valence-electron chi connectivity index (χ1n) is 9.33. The van der Waals surface area contributed by atoms with Gasteiger partial charge < -0.3 is 10.3 Å². The van der Waals surface area contributed by atoms with Crippen molar-refractivity contribution in [3.8, 4) is 5.95 Å². The second kappa shape index (κ2) is 6.45. The van der Waals surface area contributed by atoms with Gasteiger partial charge in [-0.2, -0.15) is 23.0 Å². The number of aromatic nitrogens is 4. The fraction of sp³-hybridized carbons (Fsp3) is 0.190. The molecule has 3 heterocycles. The molecule has 30 heavy (non-hydrogen) atoms. The molecule has 152 valence electrons. The molecule has 2 N–H and O–H groups in total. The molecule has 1 amide bonds. The summed E-state index contributed by atoms with van der Waals surface area (Å²) in [6.45, 7) is 1.77. The number of para-hydroxylation sites is 2. The number of alkyl halides is 3. The molecule has 1 unspecified atom stereocenters. The Morgan fingerprint density at radius 1 is 1.13 bits per heavy atom. The summed E-state index contributed by atoms with van der Waals surface area (Å²) in [6, 6.07) is 12.6. The number of aromatic amines is 1. The lowest BCUT2D eigenvalue weighted by Gasteiger charge is -2.24. The molecule has 0 saturated carbocycles. The van der Waals surface area contributed by atoms with E-state index in [0.717, 1.165) is 23.2 Å². The standard InChI is InChI=1S/C21H16F3N5O/c1-11-18-14(12-5-4-6-13(9-12)21(22,23)24)10-17(30)27-19(18)29(28-11)20-25-15-7-2-3-8-16(15)26-20/h2-9,14H,10H2,1H3,(H,25,26)(H,27,30). The summed E-state index contributed by atoms with van der Waals surface area (Å²) in [4.78, 5) is 20.1. The van der Waals surface area contributed by atoms with Crippen LogP contribution in [0, 0.1) is 6.92 Å². The van der Waals surface area contributed by atoms with E-state index in [-0.39, 0.29) is 12.3 Å². The van der Waals surface area contributed by atoms with E-state index in [0.29, 0.717) is 28.6 Å². The normalized spacial score (nSPS) is 16.5. The van der Waals surface area contributed by atoms with Gasteiger partial charge in [0.05, 0.1) is 22.3 Å². The van der Waals surface area contributed by atoms with E-state index < -0.39 is 17.7 Å². The number of nitrogens with one attached hydrogen (secondary N) is 2. The van der Waals surface area contributed by atoms with Gasteiger partial charge in [0.1, 0.15) is 5.82 Å². The van der Waals surface area contributed by atoms with Crippen LogP contribution in [0.15, 0.2) is 48.5 Å². The Hall–Kier alpha value is -3.62. The molecular formula is C21H16F3N5O. The zero-order chi connectivity index (χ0) is 21.0. The van der Waals surface area contributed by atoms with Crippen LogP contribution in [0.2, 0.25) is 0 Å². The van der Waals surface area contributed by atoms with E-state index >= 15 is 0 Å². The van der Waals surface area contributed by atoms with Gasteiger partial charge in [0.15, 0.2) is 0 Å². The molecule has 0 bridgehead atoms. The molecule has 5 rings (SSSR count). The van der Waals surface area contributed by atoms with E-state index in [1.807, 2.05) is 24.3 Å². The summed E-state index contributed by atoms with van der Waals surface area (Å²) >= 11 is 0. The van der Waals surface area contributed by atoms with Crippen LogP contribution in [0.3, 0.4) is 0 Å². The largest absolute Gasteiger partial charge is 0.416 e. The van der Waals surface area contributed by atoms with Crippen LogP contribution < -0.4 is 5.32 Å². The van der Waals surface area contributed by atoms with Gasteiger partial charge in [-0.15, -0.1) is 0 Å². The first-order valence-corrected chi connectivity index (χ1v) is 9.33. The third kappa shape index (κ3) is 2.94. The van der Waals surface area contributed by atoms with Crippen LogP contribution in [0.1, 0.15) is 34.7 Å². The molecule has 0 saturated heterocycles. The molecule has 0 aliphatic carbocycles. The number of amides is 1. The lowest BCUT2D eigenvalue weighted by atomic mass is 9.85. The van der Waals surface area contributed by atoms with Crippen LogP contribution >= 0.6 is 0 Å². The lowest BCUT2D eigenvalue weighted by molar-refractivity contribution is -0.137. The van der Waals surface area contributed by atoms with Crippen LogP contribution in [-0.2, 0) is 11.0 Å². The maximum atomic E-state index is 13.2. The third-order valence-corrected chi connectivity index (χ3v) is 5.30. The highest BCUT2D eigenvalue weighted by Gasteiger charge is 2.35. The Bertz CT molecular complexity index is 1250. The molecule has 9 heteroatoms. The van der Waals surface area contributed by atoms with Crippen LogP contribution in [0.25, 0.3) is 17.0 Å². The fourth-order valence-electron chi connectivity index (χ4n) is 3.96. The first-order chi connectivity index (χ1) is 14.3. The van der Waals surface area contributed by atoms with Crippen molar-refractivity contribution in [2.45, 2.75) is 25.4 Å². The third-order valence-electron chi connectivity index (χ3n) is 5.30. The number of benzene rings is 2. The number of rotatable bonds is 2. The van der Waals surface area contributed by atoms with Crippen molar-refractivity contribution < 1.29 is 18.0 Å². The van der Waals surface area contributed by atoms with E-state index in [1.165, 1.54) is 10.7 Å². The topological polar surface area (TPSA) is 75.6 Å². The second-order valence-electron chi connectivity index (χ2n) is 7.27. The minimum absolute atomic E-state index is 0.0426. The summed E-state index contributed by atoms with van der Waals surface area (Å²) in [5, 5.41) is 7.34. The molecule has 4 aromatic rings. The SMILES string of the molecule is Cc1nn(-c2nc3ccccc3[nH]2)c2c1C(c1cccc(C(F)(F)F)c1)CC(=O)N2. The number of nitrogens with zero attached hydrogens (tertiary/aromatic N) is 3. The molecule has 0 spiro atoms. The van der Waals surface area contributed by atoms with Gasteiger partial charge in [0.25, 0.3) is 0 Å². The molecule has 2 aromatic heterocycles. The van der Waals surface area contributed by atoms with Crippen LogP contribution in [0.5, 0.6) is 0 Å². The van der Waals surface area contributed by atoms with Gasteiger partial charge in [-0.1, -0.05) is 30.3 Å². The van der Waals surface area contributed by atoms with Gasteiger partial charge >= 0.3 is 6.18 Å². The number of hydrogen-bond donors (Lipinski definition) is 2. The minimum atomic E-state index is -4.46. The Labute approximate surface area is 168 Å². The Balaban J connectivity index is 1.65. The molecule has 1 aliphatic heterocycles. The molecule has 6 nitrogen and oxygen atoms in total. The number of fused-ring (bicyclic) bond motifs is 2. The highest BCUT2D eigenvalue weighted by Crippen LogP contribution is 2.41. The quantitative estimate of drug-likeness (QED) is 0.508. The van der Waals surface area contributed by atoms with Crippen molar-refractivity contribution in [3.63, 3.8) is 0 Å². The Kier molecular flexibility index (Phi) is 3.96. The van der Waals surface area contributed by atoms with E-state index in [9.17, 15) is 18.0 Å². The maximum Gasteiger partial charge on any atom is 0.416 e. The van der Waals surface area contributed by atoms with Crippen molar-refractivity contribution in [2.75, 3.05) is 5.32 Å². The van der Waals surface area contributed by atoms with Crippen molar-refractivity contribution in [1.29, 1.82) is 0 Å². The van der Waals surface area contributed by atoms with Crippen LogP contribution in [-0.4, -0.2) is 25.7 Å². The molecule has 1 atom stereocenters. The summed E-state index contributed by atoms with van der Waals surface area (Å²) in [5.41, 5.74) is 2.54. The molecule has 1 aliphatic rings. The van der Waals surface area contributed by atoms with Gasteiger partial charge in [0.2, 0.25) is 11.9 Å². The maximum absolute atomic E-state index is 13.2. The number of carbonyl (C=O) groups excluding carboxylic acids is 1. The van der Waals surface area contributed by atoms with Crippen LogP contribution in [0.4, 0.5) is 19.0 Å². The fourth-order valence-corrected chi connectivity index (χ4v) is 3.96. The number of aryl methyl sites for hydroxylation is 1. The van der Waals surface area contributed by atoms with Gasteiger partial charge in [-0.3, -0.25) is 4.79 Å². The number of hydrogen-bond acceptors (Lipinski definition) is 3. The second-order valence-corrected chi connectivity index (χ2v) is 7.27. The zero-order valence-electron chi connectivity index (χ0n) is 15.8. The smallest absolute Gasteiger partial charge is 0.322 e. The average molecular weight is 411 g/mol. The monoisotopic (exact) mass is 411 g/mol. The van der Waals surface area contributed by atoms with Crippen molar-refractivity contribution in [1.82, 2.24) is 19.7 Å². The molecule has 2 aromatic carbocycles. The molecular weight excluding hydrogens is 395 g/mol. The van der Waals surface area contributed by atoms with Gasteiger partial charge in [0, 0.05) is 17.9 Å². The van der Waals surface area contributed by atoms with E-state index in [2.05, 4.69) is 20.4 Å². The summed E-state index contributed by atoms with van der Waals surface area (Å²) < 4.78 is 41.1. The number of halogens is 3. The predicted molar refractivity (Wildman–Crippen MR) is 104 cm³/mol. The number of carbonyl (C=O) groups is 1. The van der Waals surface area contributed by atoms with Crippen molar-refractivity contribution in [3.05, 3.63) is 70.9 Å². The Morgan fingerprint density at radius 3 is 2.70 bits per heavy atom. The molecule has 0 fully saturated rings. The summed E-state index contributed by atoms with van der Waals surface area (Å²) in [7, 11) is 0. The van der Waals surface area contributed by atoms with Gasteiger partial charge in [-0.25, -0.2) is 4.98 Å². The average Bonchev–Trinajstić information content (AvgIpc) is 3.28. The first kappa shape index (κ1) is 18.4. The zero-order valence-corrected chi connectivity index (χ0v) is 15.8. The highest BCUT2D eigenvalue weighted by atomic mass is 19.4. The number of H-pyrrole nitrogens is 1.